The lowest BCUT2D eigenvalue weighted by molar-refractivity contribution is 0.237. The Hall–Kier alpha value is -0.840. The van der Waals surface area contributed by atoms with Gasteiger partial charge >= 0.3 is 0 Å². The van der Waals surface area contributed by atoms with Crippen LogP contribution in [0.4, 0.5) is 0 Å². The van der Waals surface area contributed by atoms with E-state index in [4.69, 9.17) is 34.3 Å². The maximum Gasteiger partial charge on any atom is 0.131 e. The van der Waals surface area contributed by atoms with Gasteiger partial charge in [-0.3, -0.25) is 4.90 Å². The van der Waals surface area contributed by atoms with Gasteiger partial charge in [-0.25, -0.2) is 0 Å². The number of nitrogens with zero attached hydrogens (tertiary/aromatic N) is 1. The van der Waals surface area contributed by atoms with Crippen molar-refractivity contribution in [1.29, 1.82) is 0 Å². The summed E-state index contributed by atoms with van der Waals surface area (Å²) in [4.78, 5) is 2.67. The summed E-state index contributed by atoms with van der Waals surface area (Å²) in [5, 5.41) is 0.543. The van der Waals surface area contributed by atoms with Gasteiger partial charge in [0.1, 0.15) is 17.3 Å². The molecule has 1 aliphatic rings. The van der Waals surface area contributed by atoms with Crippen LogP contribution in [0.15, 0.2) is 18.2 Å². The molecule has 1 fully saturated rings. The predicted molar refractivity (Wildman–Crippen MR) is 78.5 cm³/mol. The van der Waals surface area contributed by atoms with E-state index in [9.17, 15) is 0 Å². The van der Waals surface area contributed by atoms with Crippen molar-refractivity contribution >= 4 is 28.8 Å². The average Bonchev–Trinajstić information content (AvgIpc) is 2.81. The third-order valence-electron chi connectivity index (χ3n) is 3.09. The quantitative estimate of drug-likeness (QED) is 0.843. The van der Waals surface area contributed by atoms with E-state index in [0.29, 0.717) is 22.9 Å². The lowest BCUT2D eigenvalue weighted by Gasteiger charge is -2.16. The van der Waals surface area contributed by atoms with Crippen LogP contribution in [-0.2, 0) is 0 Å². The van der Waals surface area contributed by atoms with Crippen molar-refractivity contribution < 1.29 is 4.74 Å². The van der Waals surface area contributed by atoms with Gasteiger partial charge in [-0.15, -0.1) is 0 Å². The number of hydrogen-bond acceptors (Lipinski definition) is 3. The van der Waals surface area contributed by atoms with E-state index in [1.807, 2.05) is 12.1 Å². The Morgan fingerprint density at radius 2 is 2.11 bits per heavy atom. The summed E-state index contributed by atoms with van der Waals surface area (Å²) in [6.07, 6.45) is 2.57. The molecule has 18 heavy (non-hydrogen) atoms. The number of ether oxygens (including phenoxy) is 1. The van der Waals surface area contributed by atoms with Gasteiger partial charge in [0.2, 0.25) is 0 Å². The summed E-state index contributed by atoms with van der Waals surface area (Å²) >= 11 is 11.1. The van der Waals surface area contributed by atoms with Gasteiger partial charge in [0.05, 0.1) is 10.6 Å². The first-order valence-corrected chi connectivity index (χ1v) is 6.90. The highest BCUT2D eigenvalue weighted by Crippen LogP contribution is 2.26. The van der Waals surface area contributed by atoms with Gasteiger partial charge in [0.15, 0.2) is 0 Å². The van der Waals surface area contributed by atoms with Gasteiger partial charge in [0.25, 0.3) is 0 Å². The van der Waals surface area contributed by atoms with Crippen LogP contribution in [-0.4, -0.2) is 36.1 Å². The minimum atomic E-state index is 0.275. The van der Waals surface area contributed by atoms with Crippen molar-refractivity contribution in [3.8, 4) is 5.75 Å². The first kappa shape index (κ1) is 13.6. The topological polar surface area (TPSA) is 38.5 Å². The molecule has 2 rings (SSSR count). The van der Waals surface area contributed by atoms with Crippen molar-refractivity contribution in [1.82, 2.24) is 4.90 Å². The molecule has 5 heteroatoms. The SMILES string of the molecule is NC(=S)c1c(Cl)cccc1OCCN1CCCC1. The van der Waals surface area contributed by atoms with Crippen molar-refractivity contribution in [2.45, 2.75) is 12.8 Å². The molecule has 0 aromatic heterocycles. The van der Waals surface area contributed by atoms with E-state index < -0.39 is 0 Å². The zero-order chi connectivity index (χ0) is 13.0. The van der Waals surface area contributed by atoms with Crippen molar-refractivity contribution in [3.63, 3.8) is 0 Å². The number of halogens is 1. The zero-order valence-electron chi connectivity index (χ0n) is 10.2. The molecule has 0 aliphatic carbocycles. The van der Waals surface area contributed by atoms with Gasteiger partial charge in [0, 0.05) is 6.54 Å². The minimum Gasteiger partial charge on any atom is -0.491 e. The summed E-state index contributed by atoms with van der Waals surface area (Å²) in [7, 11) is 0. The molecule has 1 aromatic rings. The molecular formula is C13H17ClN2OS. The number of rotatable bonds is 5. The molecule has 0 radical (unpaired) electrons. The summed E-state index contributed by atoms with van der Waals surface area (Å²) < 4.78 is 5.75. The van der Waals surface area contributed by atoms with E-state index in [-0.39, 0.29) is 4.99 Å². The van der Waals surface area contributed by atoms with Crippen LogP contribution in [0.5, 0.6) is 5.75 Å². The third kappa shape index (κ3) is 3.34. The molecule has 2 N–H and O–H groups in total. The summed E-state index contributed by atoms with van der Waals surface area (Å²) in [5.74, 6) is 0.675. The Morgan fingerprint density at radius 1 is 1.39 bits per heavy atom. The first-order chi connectivity index (χ1) is 8.68. The normalized spacial score (nSPS) is 15.8. The Balaban J connectivity index is 1.96. The van der Waals surface area contributed by atoms with Crippen LogP contribution in [0.3, 0.4) is 0 Å². The number of nitrogens with two attached hydrogens (primary N) is 1. The largest absolute Gasteiger partial charge is 0.491 e. The Morgan fingerprint density at radius 3 is 2.78 bits per heavy atom. The lowest BCUT2D eigenvalue weighted by atomic mass is 10.2. The second kappa shape index (κ2) is 6.36. The zero-order valence-corrected chi connectivity index (χ0v) is 11.8. The van der Waals surface area contributed by atoms with E-state index in [1.165, 1.54) is 25.9 Å². The fraction of sp³-hybridized carbons (Fsp3) is 0.462. The Kier molecular flexibility index (Phi) is 4.80. The highest BCUT2D eigenvalue weighted by Gasteiger charge is 2.13. The standard InChI is InChI=1S/C13H17ClN2OS/c14-10-4-3-5-11(12(10)13(15)18)17-9-8-16-6-1-2-7-16/h3-5H,1-2,6-9H2,(H2,15,18). The van der Waals surface area contributed by atoms with Crippen molar-refractivity contribution in [2.75, 3.05) is 26.2 Å². The molecule has 0 saturated carbocycles. The molecule has 1 heterocycles. The summed E-state index contributed by atoms with van der Waals surface area (Å²) in [6.45, 7) is 3.90. The number of likely N-dealkylation sites (tertiary alicyclic amines) is 1. The van der Waals surface area contributed by atoms with E-state index >= 15 is 0 Å². The van der Waals surface area contributed by atoms with E-state index in [0.717, 1.165) is 6.54 Å². The van der Waals surface area contributed by atoms with Crippen LogP contribution in [0.1, 0.15) is 18.4 Å². The molecule has 0 amide bonds. The molecule has 0 atom stereocenters. The van der Waals surface area contributed by atoms with Gasteiger partial charge < -0.3 is 10.5 Å². The van der Waals surface area contributed by atoms with Gasteiger partial charge in [-0.2, -0.15) is 0 Å². The molecule has 1 aromatic carbocycles. The average molecular weight is 285 g/mol. The van der Waals surface area contributed by atoms with E-state index in [2.05, 4.69) is 4.90 Å². The maximum absolute atomic E-state index is 6.07. The molecule has 0 bridgehead atoms. The summed E-state index contributed by atoms with van der Waals surface area (Å²) in [5.41, 5.74) is 6.30. The third-order valence-corrected chi connectivity index (χ3v) is 3.60. The van der Waals surface area contributed by atoms with Gasteiger partial charge in [-0.05, 0) is 38.1 Å². The first-order valence-electron chi connectivity index (χ1n) is 6.12. The van der Waals surface area contributed by atoms with Crippen LogP contribution >= 0.6 is 23.8 Å². The van der Waals surface area contributed by atoms with Gasteiger partial charge in [-0.1, -0.05) is 29.9 Å². The lowest BCUT2D eigenvalue weighted by Crippen LogP contribution is -2.25. The number of thiocarbonyl (C=S) groups is 1. The number of hydrogen-bond donors (Lipinski definition) is 1. The maximum atomic E-state index is 6.07. The molecule has 3 nitrogen and oxygen atoms in total. The summed E-state index contributed by atoms with van der Waals surface area (Å²) in [6, 6.07) is 5.46. The minimum absolute atomic E-state index is 0.275. The monoisotopic (exact) mass is 284 g/mol. The molecule has 1 aliphatic heterocycles. The Bertz CT molecular complexity index is 433. The molecule has 0 unspecified atom stereocenters. The highest BCUT2D eigenvalue weighted by atomic mass is 35.5. The second-order valence-corrected chi connectivity index (χ2v) is 5.22. The van der Waals surface area contributed by atoms with Crippen LogP contribution < -0.4 is 10.5 Å². The van der Waals surface area contributed by atoms with Crippen LogP contribution in [0.25, 0.3) is 0 Å². The Labute approximate surface area is 118 Å². The van der Waals surface area contributed by atoms with E-state index in [1.54, 1.807) is 6.07 Å². The number of benzene rings is 1. The molecule has 98 valence electrons. The molecule has 1 saturated heterocycles. The van der Waals surface area contributed by atoms with Crippen LogP contribution in [0, 0.1) is 0 Å². The van der Waals surface area contributed by atoms with Crippen molar-refractivity contribution in [3.05, 3.63) is 28.8 Å². The van der Waals surface area contributed by atoms with Crippen molar-refractivity contribution in [2.24, 2.45) is 5.73 Å². The molecule has 0 spiro atoms. The van der Waals surface area contributed by atoms with Crippen LogP contribution in [0.2, 0.25) is 5.02 Å². The fourth-order valence-corrected chi connectivity index (χ4v) is 2.69. The highest BCUT2D eigenvalue weighted by molar-refractivity contribution is 7.80. The smallest absolute Gasteiger partial charge is 0.131 e. The molecular weight excluding hydrogens is 268 g/mol. The fourth-order valence-electron chi connectivity index (χ4n) is 2.15. The second-order valence-electron chi connectivity index (χ2n) is 4.37. The predicted octanol–water partition coefficient (Wildman–Crippen LogP) is 2.45.